The van der Waals surface area contributed by atoms with Gasteiger partial charge in [-0.3, -0.25) is 9.69 Å². The van der Waals surface area contributed by atoms with E-state index in [9.17, 15) is 18.0 Å². The van der Waals surface area contributed by atoms with Crippen molar-refractivity contribution >= 4 is 5.91 Å². The lowest BCUT2D eigenvalue weighted by Crippen LogP contribution is -2.54. The van der Waals surface area contributed by atoms with Crippen LogP contribution in [0.4, 0.5) is 13.2 Å². The molecule has 23 heavy (non-hydrogen) atoms. The number of morpholine rings is 1. The summed E-state index contributed by atoms with van der Waals surface area (Å²) in [7, 11) is 0. The van der Waals surface area contributed by atoms with E-state index in [1.165, 1.54) is 0 Å². The van der Waals surface area contributed by atoms with Gasteiger partial charge >= 0.3 is 6.18 Å². The van der Waals surface area contributed by atoms with E-state index in [-0.39, 0.29) is 6.61 Å². The van der Waals surface area contributed by atoms with Gasteiger partial charge in [-0.25, -0.2) is 0 Å². The van der Waals surface area contributed by atoms with Gasteiger partial charge in [-0.1, -0.05) is 30.3 Å². The number of nitrogens with one attached hydrogen (secondary N) is 1. The van der Waals surface area contributed by atoms with Crippen LogP contribution in [0, 0.1) is 0 Å². The average molecular weight is 332 g/mol. The topological polar surface area (TPSA) is 61.8 Å². The minimum atomic E-state index is -4.75. The summed E-state index contributed by atoms with van der Waals surface area (Å²) < 4.78 is 42.1. The van der Waals surface area contributed by atoms with Crippen LogP contribution in [0.15, 0.2) is 30.3 Å². The predicted octanol–water partition coefficient (Wildman–Crippen LogP) is 0.927. The third kappa shape index (κ3) is 5.19. The van der Waals surface area contributed by atoms with Crippen LogP contribution in [0.2, 0.25) is 0 Å². The zero-order valence-corrected chi connectivity index (χ0v) is 12.4. The lowest BCUT2D eigenvalue weighted by molar-refractivity contribution is -0.202. The maximum absolute atomic E-state index is 12.3. The molecule has 5 nitrogen and oxygen atoms in total. The summed E-state index contributed by atoms with van der Waals surface area (Å²) in [5, 5.41) is 11.1. The number of alkyl halides is 3. The number of aliphatic hydroxyl groups is 1. The second-order valence-electron chi connectivity index (χ2n) is 5.35. The molecule has 1 saturated heterocycles. The van der Waals surface area contributed by atoms with E-state index in [0.717, 1.165) is 5.56 Å². The second kappa shape index (κ2) is 7.76. The van der Waals surface area contributed by atoms with Crippen molar-refractivity contribution in [3.05, 3.63) is 35.9 Å². The average Bonchev–Trinajstić information content (AvgIpc) is 2.53. The molecule has 0 bridgehead atoms. The summed E-state index contributed by atoms with van der Waals surface area (Å²) in [5.74, 6) is -0.580. The quantitative estimate of drug-likeness (QED) is 0.842. The van der Waals surface area contributed by atoms with Crippen molar-refractivity contribution in [3.8, 4) is 0 Å². The number of hydrogen-bond acceptors (Lipinski definition) is 4. The van der Waals surface area contributed by atoms with Crippen LogP contribution in [0.1, 0.15) is 5.56 Å². The molecule has 1 aliphatic rings. The number of carbonyl (C=O) groups is 1. The van der Waals surface area contributed by atoms with E-state index >= 15 is 0 Å². The molecule has 8 heteroatoms. The van der Waals surface area contributed by atoms with Crippen molar-refractivity contribution in [1.82, 2.24) is 10.2 Å². The molecule has 1 unspecified atom stereocenters. The van der Waals surface area contributed by atoms with Crippen molar-refractivity contribution in [1.29, 1.82) is 0 Å². The van der Waals surface area contributed by atoms with Crippen molar-refractivity contribution in [2.45, 2.75) is 24.9 Å². The zero-order chi connectivity index (χ0) is 16.9. The Kier molecular flexibility index (Phi) is 5.97. The molecule has 1 fully saturated rings. The molecule has 1 heterocycles. The Morgan fingerprint density at radius 1 is 1.39 bits per heavy atom. The third-order valence-electron chi connectivity index (χ3n) is 3.62. The largest absolute Gasteiger partial charge is 0.416 e. The molecular weight excluding hydrogens is 313 g/mol. The Balaban J connectivity index is 1.93. The van der Waals surface area contributed by atoms with Crippen LogP contribution in [-0.4, -0.2) is 60.5 Å². The number of benzene rings is 1. The molecule has 1 aromatic carbocycles. The van der Waals surface area contributed by atoms with Crippen LogP contribution >= 0.6 is 0 Å². The van der Waals surface area contributed by atoms with E-state index in [1.807, 2.05) is 35.2 Å². The molecule has 0 aromatic heterocycles. The third-order valence-corrected chi connectivity index (χ3v) is 3.62. The fourth-order valence-electron chi connectivity index (χ4n) is 2.32. The Morgan fingerprint density at radius 3 is 2.74 bits per heavy atom. The Morgan fingerprint density at radius 2 is 2.09 bits per heavy atom. The first-order valence-electron chi connectivity index (χ1n) is 7.26. The number of amides is 1. The van der Waals surface area contributed by atoms with Crippen LogP contribution < -0.4 is 5.32 Å². The normalized spacial score (nSPS) is 21.0. The minimum absolute atomic E-state index is 0.112. The predicted molar refractivity (Wildman–Crippen MR) is 76.5 cm³/mol. The molecule has 128 valence electrons. The SMILES string of the molecule is O=C(NCC(O)C(F)(F)F)[C@H]1COCCN1Cc1ccccc1. The summed E-state index contributed by atoms with van der Waals surface area (Å²) in [6.07, 6.45) is -7.32. The monoisotopic (exact) mass is 332 g/mol. The smallest absolute Gasteiger partial charge is 0.382 e. The van der Waals surface area contributed by atoms with Gasteiger partial charge in [-0.15, -0.1) is 0 Å². The lowest BCUT2D eigenvalue weighted by atomic mass is 10.1. The second-order valence-corrected chi connectivity index (χ2v) is 5.35. The molecule has 0 aliphatic carbocycles. The molecule has 0 saturated carbocycles. The molecule has 0 radical (unpaired) electrons. The van der Waals surface area contributed by atoms with Crippen molar-refractivity contribution in [2.24, 2.45) is 0 Å². The summed E-state index contributed by atoms with van der Waals surface area (Å²) in [6, 6.07) is 8.79. The number of ether oxygens (including phenoxy) is 1. The van der Waals surface area contributed by atoms with Gasteiger partial charge in [-0.2, -0.15) is 13.2 Å². The van der Waals surface area contributed by atoms with Crippen molar-refractivity contribution in [3.63, 3.8) is 0 Å². The molecule has 2 rings (SSSR count). The molecule has 1 aromatic rings. The highest BCUT2D eigenvalue weighted by Crippen LogP contribution is 2.19. The molecule has 2 N–H and O–H groups in total. The number of halogens is 3. The number of hydrogen-bond donors (Lipinski definition) is 2. The molecular formula is C15H19F3N2O3. The van der Waals surface area contributed by atoms with E-state index in [2.05, 4.69) is 5.32 Å². The molecule has 1 aliphatic heterocycles. The number of nitrogens with zero attached hydrogens (tertiary/aromatic N) is 1. The van der Waals surface area contributed by atoms with Gasteiger partial charge in [0.2, 0.25) is 5.91 Å². The van der Waals surface area contributed by atoms with Crippen LogP contribution in [0.3, 0.4) is 0 Å². The van der Waals surface area contributed by atoms with Crippen LogP contribution in [0.25, 0.3) is 0 Å². The first kappa shape index (κ1) is 17.7. The van der Waals surface area contributed by atoms with Crippen LogP contribution in [-0.2, 0) is 16.1 Å². The fraction of sp³-hybridized carbons (Fsp3) is 0.533. The Hall–Kier alpha value is -1.64. The van der Waals surface area contributed by atoms with Crippen molar-refractivity contribution in [2.75, 3.05) is 26.3 Å². The lowest BCUT2D eigenvalue weighted by Gasteiger charge is -2.34. The summed E-state index contributed by atoms with van der Waals surface area (Å²) in [6.45, 7) is 0.722. The van der Waals surface area contributed by atoms with E-state index in [0.29, 0.717) is 19.7 Å². The number of rotatable bonds is 5. The highest BCUT2D eigenvalue weighted by atomic mass is 19.4. The highest BCUT2D eigenvalue weighted by molar-refractivity contribution is 5.82. The Labute approximate surface area is 132 Å². The van der Waals surface area contributed by atoms with E-state index in [1.54, 1.807) is 0 Å². The number of aliphatic hydroxyl groups excluding tert-OH is 1. The van der Waals surface area contributed by atoms with Gasteiger partial charge in [0.1, 0.15) is 6.04 Å². The van der Waals surface area contributed by atoms with E-state index < -0.39 is 30.8 Å². The van der Waals surface area contributed by atoms with Gasteiger partial charge in [0.25, 0.3) is 0 Å². The molecule has 2 atom stereocenters. The van der Waals surface area contributed by atoms with Gasteiger partial charge in [0.05, 0.1) is 19.8 Å². The first-order chi connectivity index (χ1) is 10.9. The summed E-state index contributed by atoms with van der Waals surface area (Å²) in [4.78, 5) is 14.0. The fourth-order valence-corrected chi connectivity index (χ4v) is 2.32. The van der Waals surface area contributed by atoms with Gasteiger partial charge in [0, 0.05) is 13.1 Å². The highest BCUT2D eigenvalue weighted by Gasteiger charge is 2.39. The van der Waals surface area contributed by atoms with Crippen LogP contribution in [0.5, 0.6) is 0 Å². The molecule has 1 amide bonds. The maximum Gasteiger partial charge on any atom is 0.416 e. The van der Waals surface area contributed by atoms with Crippen molar-refractivity contribution < 1.29 is 27.8 Å². The summed E-state index contributed by atoms with van der Waals surface area (Å²) in [5.41, 5.74) is 1.00. The van der Waals surface area contributed by atoms with Gasteiger partial charge in [-0.05, 0) is 5.56 Å². The molecule has 0 spiro atoms. The van der Waals surface area contributed by atoms with Gasteiger partial charge < -0.3 is 15.2 Å². The van der Waals surface area contributed by atoms with E-state index in [4.69, 9.17) is 9.84 Å². The maximum atomic E-state index is 12.3. The van der Waals surface area contributed by atoms with Gasteiger partial charge in [0.15, 0.2) is 6.10 Å². The standard InChI is InChI=1S/C15H19F3N2O3/c16-15(17,18)13(21)8-19-14(22)12-10-23-7-6-20(12)9-11-4-2-1-3-5-11/h1-5,12-13,21H,6-10H2,(H,19,22)/t12-,13?/m1/s1. The summed E-state index contributed by atoms with van der Waals surface area (Å²) >= 11 is 0. The Bertz CT molecular complexity index is 510. The minimum Gasteiger partial charge on any atom is -0.382 e. The number of carbonyl (C=O) groups excluding carboxylic acids is 1. The zero-order valence-electron chi connectivity index (χ0n) is 12.4. The first-order valence-corrected chi connectivity index (χ1v) is 7.26.